The van der Waals surface area contributed by atoms with Crippen molar-refractivity contribution in [3.63, 3.8) is 0 Å². The molecule has 1 atom stereocenters. The van der Waals surface area contributed by atoms with Crippen molar-refractivity contribution in [2.75, 3.05) is 4.90 Å². The van der Waals surface area contributed by atoms with Gasteiger partial charge in [0.05, 0.1) is 5.25 Å². The second kappa shape index (κ2) is 7.68. The summed E-state index contributed by atoms with van der Waals surface area (Å²) in [5.74, 6) is -0.988. The van der Waals surface area contributed by atoms with Crippen LogP contribution in [0.3, 0.4) is 0 Å². The average molecular weight is 377 g/mol. The number of thioether (sulfide) groups is 1. The predicted molar refractivity (Wildman–Crippen MR) is 107 cm³/mol. The van der Waals surface area contributed by atoms with Gasteiger partial charge in [-0.05, 0) is 43.5 Å². The van der Waals surface area contributed by atoms with Crippen LogP contribution in [0.25, 0.3) is 0 Å². The van der Waals surface area contributed by atoms with E-state index in [4.69, 9.17) is 5.73 Å². The molecule has 2 aromatic rings. The molecule has 0 radical (unpaired) electrons. The molecule has 0 spiro atoms. The van der Waals surface area contributed by atoms with E-state index in [9.17, 15) is 14.9 Å². The maximum Gasteiger partial charge on any atom is 0.262 e. The molecule has 0 aromatic heterocycles. The summed E-state index contributed by atoms with van der Waals surface area (Å²) >= 11 is 1.22. The van der Waals surface area contributed by atoms with E-state index in [1.807, 2.05) is 56.3 Å². The van der Waals surface area contributed by atoms with Crippen molar-refractivity contribution < 1.29 is 9.59 Å². The second-order valence-corrected chi connectivity index (χ2v) is 7.59. The van der Waals surface area contributed by atoms with Gasteiger partial charge in [-0.15, -0.1) is 0 Å². The standard InChI is InChI=1S/C21H19N3O2S/c1-13-7-9-16(10-8-13)24-20(26)18(11-15-6-4-3-5-14(15)2)27-21(24)17(12-22)19(23)25/h3-10,18H,11H2,1-2H3,(H2,23,25)/b21-17-. The van der Waals surface area contributed by atoms with Crippen LogP contribution in [0.1, 0.15) is 16.7 Å². The number of nitrogens with zero attached hydrogens (tertiary/aromatic N) is 2. The summed E-state index contributed by atoms with van der Waals surface area (Å²) in [5, 5.41) is 9.29. The Morgan fingerprint density at radius 1 is 1.19 bits per heavy atom. The molecule has 0 bridgehead atoms. The highest BCUT2D eigenvalue weighted by molar-refractivity contribution is 8.05. The molecule has 6 heteroatoms. The normalized spacial score (nSPS) is 18.3. The number of rotatable bonds is 4. The van der Waals surface area contributed by atoms with Crippen LogP contribution in [-0.4, -0.2) is 17.1 Å². The van der Waals surface area contributed by atoms with Gasteiger partial charge in [0.2, 0.25) is 5.91 Å². The molecule has 1 aliphatic heterocycles. The lowest BCUT2D eigenvalue weighted by Crippen LogP contribution is -2.31. The molecule has 5 nitrogen and oxygen atoms in total. The van der Waals surface area contributed by atoms with Gasteiger partial charge in [0.25, 0.3) is 5.91 Å². The number of carbonyl (C=O) groups excluding carboxylic acids is 2. The lowest BCUT2D eigenvalue weighted by Gasteiger charge is -2.18. The number of hydrogen-bond donors (Lipinski definition) is 1. The van der Waals surface area contributed by atoms with Crippen molar-refractivity contribution in [2.24, 2.45) is 5.73 Å². The van der Waals surface area contributed by atoms with Gasteiger partial charge in [-0.3, -0.25) is 14.5 Å². The third-order valence-electron chi connectivity index (χ3n) is 4.48. The van der Waals surface area contributed by atoms with E-state index in [1.165, 1.54) is 16.7 Å². The Morgan fingerprint density at radius 2 is 1.85 bits per heavy atom. The number of benzene rings is 2. The van der Waals surface area contributed by atoms with Gasteiger partial charge in [-0.1, -0.05) is 53.7 Å². The molecule has 27 heavy (non-hydrogen) atoms. The summed E-state index contributed by atoms with van der Waals surface area (Å²) < 4.78 is 0. The number of anilines is 1. The van der Waals surface area contributed by atoms with Crippen LogP contribution < -0.4 is 10.6 Å². The smallest absolute Gasteiger partial charge is 0.262 e. The van der Waals surface area contributed by atoms with E-state index in [1.54, 1.807) is 12.1 Å². The molecule has 2 amide bonds. The lowest BCUT2D eigenvalue weighted by atomic mass is 10.0. The number of amides is 2. The van der Waals surface area contributed by atoms with Crippen LogP contribution >= 0.6 is 11.8 Å². The van der Waals surface area contributed by atoms with E-state index >= 15 is 0 Å². The van der Waals surface area contributed by atoms with Crippen molar-refractivity contribution >= 4 is 29.3 Å². The first kappa shape index (κ1) is 18.7. The maximum absolute atomic E-state index is 13.2. The van der Waals surface area contributed by atoms with Gasteiger partial charge in [-0.25, -0.2) is 0 Å². The zero-order valence-corrected chi connectivity index (χ0v) is 15.9. The first-order valence-corrected chi connectivity index (χ1v) is 9.36. The molecule has 2 N–H and O–H groups in total. The van der Waals surface area contributed by atoms with Gasteiger partial charge in [0.1, 0.15) is 16.7 Å². The van der Waals surface area contributed by atoms with E-state index in [0.717, 1.165) is 16.7 Å². The summed E-state index contributed by atoms with van der Waals surface area (Å²) in [6, 6.07) is 17.1. The van der Waals surface area contributed by atoms with Gasteiger partial charge < -0.3 is 5.73 Å². The average Bonchev–Trinajstić information content (AvgIpc) is 2.94. The van der Waals surface area contributed by atoms with Crippen molar-refractivity contribution in [1.29, 1.82) is 5.26 Å². The van der Waals surface area contributed by atoms with Crippen LogP contribution in [0.5, 0.6) is 0 Å². The van der Waals surface area contributed by atoms with Gasteiger partial charge in [0.15, 0.2) is 0 Å². The molecular weight excluding hydrogens is 358 g/mol. The van der Waals surface area contributed by atoms with Crippen molar-refractivity contribution in [1.82, 2.24) is 0 Å². The first-order chi connectivity index (χ1) is 12.9. The predicted octanol–water partition coefficient (Wildman–Crippen LogP) is 3.22. The summed E-state index contributed by atoms with van der Waals surface area (Å²) in [4.78, 5) is 26.4. The highest BCUT2D eigenvalue weighted by Gasteiger charge is 2.40. The zero-order chi connectivity index (χ0) is 19.6. The summed E-state index contributed by atoms with van der Waals surface area (Å²) in [6.45, 7) is 3.95. The fourth-order valence-electron chi connectivity index (χ4n) is 2.97. The Balaban J connectivity index is 2.05. The van der Waals surface area contributed by atoms with Crippen molar-refractivity contribution in [2.45, 2.75) is 25.5 Å². The minimum Gasteiger partial charge on any atom is -0.365 e. The highest BCUT2D eigenvalue weighted by Crippen LogP contribution is 2.42. The third kappa shape index (κ3) is 3.74. The monoisotopic (exact) mass is 377 g/mol. The van der Waals surface area contributed by atoms with Crippen LogP contribution in [0.4, 0.5) is 5.69 Å². The van der Waals surface area contributed by atoms with Crippen molar-refractivity contribution in [3.05, 3.63) is 75.8 Å². The highest BCUT2D eigenvalue weighted by atomic mass is 32.2. The number of hydrogen-bond acceptors (Lipinski definition) is 4. The van der Waals surface area contributed by atoms with Crippen molar-refractivity contribution in [3.8, 4) is 6.07 Å². The van der Waals surface area contributed by atoms with Gasteiger partial charge >= 0.3 is 0 Å². The molecule has 1 fully saturated rings. The quantitative estimate of drug-likeness (QED) is 0.655. The molecule has 1 saturated heterocycles. The number of aryl methyl sites for hydroxylation is 2. The Labute approximate surface area is 162 Å². The third-order valence-corrected chi connectivity index (χ3v) is 5.75. The first-order valence-electron chi connectivity index (χ1n) is 8.48. The van der Waals surface area contributed by atoms with Crippen LogP contribution in [0.2, 0.25) is 0 Å². The van der Waals surface area contributed by atoms with Crippen LogP contribution in [-0.2, 0) is 16.0 Å². The molecular formula is C21H19N3O2S. The van der Waals surface area contributed by atoms with E-state index < -0.39 is 11.2 Å². The Morgan fingerprint density at radius 3 is 2.44 bits per heavy atom. The Hall–Kier alpha value is -3.04. The molecule has 1 aliphatic rings. The lowest BCUT2D eigenvalue weighted by molar-refractivity contribution is -0.117. The molecule has 0 aliphatic carbocycles. The maximum atomic E-state index is 13.2. The molecule has 3 rings (SSSR count). The number of primary amides is 1. The second-order valence-electron chi connectivity index (χ2n) is 6.40. The molecule has 0 saturated carbocycles. The van der Waals surface area contributed by atoms with Crippen LogP contribution in [0, 0.1) is 25.2 Å². The molecule has 2 aromatic carbocycles. The SMILES string of the molecule is Cc1ccc(N2C(=O)C(Cc3ccccc3C)S/C2=C(/C#N)C(N)=O)cc1. The summed E-state index contributed by atoms with van der Waals surface area (Å²) in [7, 11) is 0. The van der Waals surface area contributed by atoms with Crippen LogP contribution in [0.15, 0.2) is 59.1 Å². The van der Waals surface area contributed by atoms with E-state index in [2.05, 4.69) is 0 Å². The number of nitrogens with two attached hydrogens (primary N) is 1. The van der Waals surface area contributed by atoms with Gasteiger partial charge in [0, 0.05) is 5.69 Å². The topological polar surface area (TPSA) is 87.2 Å². The summed E-state index contributed by atoms with van der Waals surface area (Å²) in [5.41, 5.74) is 9.03. The number of nitriles is 1. The van der Waals surface area contributed by atoms with E-state index in [-0.39, 0.29) is 11.5 Å². The molecule has 1 unspecified atom stereocenters. The Bertz CT molecular complexity index is 974. The molecule has 136 valence electrons. The zero-order valence-electron chi connectivity index (χ0n) is 15.1. The largest absolute Gasteiger partial charge is 0.365 e. The minimum absolute atomic E-state index is 0.156. The summed E-state index contributed by atoms with van der Waals surface area (Å²) in [6.07, 6.45) is 0.513. The minimum atomic E-state index is -0.832. The number of carbonyl (C=O) groups is 2. The fourth-order valence-corrected chi connectivity index (χ4v) is 4.27. The van der Waals surface area contributed by atoms with Gasteiger partial charge in [-0.2, -0.15) is 5.26 Å². The molecule has 1 heterocycles. The fraction of sp³-hybridized carbons (Fsp3) is 0.190. The Kier molecular flexibility index (Phi) is 5.33. The van der Waals surface area contributed by atoms with E-state index in [0.29, 0.717) is 17.1 Å².